The molecule has 0 unspecified atom stereocenters. The summed E-state index contributed by atoms with van der Waals surface area (Å²) in [7, 11) is -2.63. The normalized spacial score (nSPS) is 11.2. The van der Waals surface area contributed by atoms with Crippen molar-refractivity contribution in [1.29, 1.82) is 0 Å². The van der Waals surface area contributed by atoms with E-state index in [1.165, 1.54) is 32.4 Å². The third-order valence-corrected chi connectivity index (χ3v) is 6.23. The van der Waals surface area contributed by atoms with Crippen molar-refractivity contribution in [3.05, 3.63) is 40.6 Å². The summed E-state index contributed by atoms with van der Waals surface area (Å²) >= 11 is 1.03. The highest BCUT2D eigenvalue weighted by Gasteiger charge is 2.24. The third kappa shape index (κ3) is 5.47. The average molecular weight is 397 g/mol. The molecule has 1 aromatic heterocycles. The van der Waals surface area contributed by atoms with Crippen LogP contribution < -0.4 is 10.0 Å². The lowest BCUT2D eigenvalue weighted by Gasteiger charge is -2.10. The smallest absolute Gasteiger partial charge is 0.349 e. The summed E-state index contributed by atoms with van der Waals surface area (Å²) < 4.78 is 32.2. The van der Waals surface area contributed by atoms with Gasteiger partial charge in [-0.15, -0.1) is 11.3 Å². The number of esters is 1. The topological polar surface area (TPSA) is 84.5 Å². The molecule has 0 saturated heterocycles. The van der Waals surface area contributed by atoms with Crippen molar-refractivity contribution < 1.29 is 17.9 Å². The van der Waals surface area contributed by atoms with Crippen LogP contribution in [0.1, 0.15) is 42.3 Å². The monoisotopic (exact) mass is 396 g/mol. The molecule has 2 aromatic rings. The van der Waals surface area contributed by atoms with Gasteiger partial charge in [0, 0.05) is 17.9 Å². The Morgan fingerprint density at radius 1 is 1.08 bits per heavy atom. The highest BCUT2D eigenvalue weighted by molar-refractivity contribution is 7.93. The maximum atomic E-state index is 12.5. The molecular weight excluding hydrogens is 372 g/mol. The van der Waals surface area contributed by atoms with Gasteiger partial charge < -0.3 is 10.1 Å². The molecule has 0 radical (unpaired) electrons. The average Bonchev–Trinajstić information content (AvgIpc) is 3.13. The minimum atomic E-state index is -3.86. The van der Waals surface area contributed by atoms with Crippen molar-refractivity contribution in [1.82, 2.24) is 0 Å². The molecule has 26 heavy (non-hydrogen) atoms. The number of benzene rings is 1. The molecule has 0 atom stereocenters. The van der Waals surface area contributed by atoms with Crippen LogP contribution in [-0.2, 0) is 14.8 Å². The van der Waals surface area contributed by atoms with Gasteiger partial charge in [0.1, 0.15) is 9.77 Å². The number of methoxy groups -OCH3 is 1. The summed E-state index contributed by atoms with van der Waals surface area (Å²) in [6, 6.07) is 8.43. The lowest BCUT2D eigenvalue weighted by molar-refractivity contribution is 0.0602. The molecule has 0 saturated carbocycles. The van der Waals surface area contributed by atoms with E-state index in [4.69, 9.17) is 0 Å². The first-order valence-electron chi connectivity index (χ1n) is 8.50. The number of thiophene rings is 1. The van der Waals surface area contributed by atoms with Gasteiger partial charge >= 0.3 is 5.97 Å². The molecule has 0 bridgehead atoms. The van der Waals surface area contributed by atoms with Crippen molar-refractivity contribution in [3.63, 3.8) is 0 Å². The van der Waals surface area contributed by atoms with Gasteiger partial charge in [-0.1, -0.05) is 26.2 Å². The largest absolute Gasteiger partial charge is 0.465 e. The Morgan fingerprint density at radius 3 is 2.42 bits per heavy atom. The van der Waals surface area contributed by atoms with E-state index in [9.17, 15) is 13.2 Å². The summed E-state index contributed by atoms with van der Waals surface area (Å²) in [6.07, 6.45) is 4.75. The molecule has 0 aliphatic heterocycles. The quantitative estimate of drug-likeness (QED) is 0.461. The number of carbonyl (C=O) groups is 1. The number of carbonyl (C=O) groups excluding carboxylic acids is 1. The van der Waals surface area contributed by atoms with Crippen LogP contribution in [0.5, 0.6) is 0 Å². The van der Waals surface area contributed by atoms with Crippen molar-refractivity contribution in [2.75, 3.05) is 23.7 Å². The molecule has 2 rings (SSSR count). The van der Waals surface area contributed by atoms with E-state index in [1.807, 2.05) is 12.1 Å². The zero-order valence-corrected chi connectivity index (χ0v) is 16.6. The molecule has 0 spiro atoms. The van der Waals surface area contributed by atoms with E-state index in [0.717, 1.165) is 30.0 Å². The second kappa shape index (κ2) is 9.59. The molecule has 0 fully saturated rings. The highest BCUT2D eigenvalue weighted by atomic mass is 32.2. The van der Waals surface area contributed by atoms with Crippen LogP contribution in [0.3, 0.4) is 0 Å². The predicted octanol–water partition coefficient (Wildman–Crippen LogP) is 4.33. The van der Waals surface area contributed by atoms with Gasteiger partial charge in [-0.3, -0.25) is 4.72 Å². The maximum Gasteiger partial charge on any atom is 0.349 e. The van der Waals surface area contributed by atoms with Crippen molar-refractivity contribution in [3.8, 4) is 0 Å². The van der Waals surface area contributed by atoms with Crippen molar-refractivity contribution >= 4 is 38.7 Å². The number of nitrogens with one attached hydrogen (secondary N) is 2. The molecule has 2 N–H and O–H groups in total. The molecule has 0 amide bonds. The first-order valence-corrected chi connectivity index (χ1v) is 10.9. The number of ether oxygens (including phenoxy) is 1. The van der Waals surface area contributed by atoms with E-state index in [-0.39, 0.29) is 9.77 Å². The number of hydrogen-bond acceptors (Lipinski definition) is 6. The van der Waals surface area contributed by atoms with Crippen LogP contribution in [0.4, 0.5) is 11.4 Å². The van der Waals surface area contributed by atoms with Gasteiger partial charge in [0.25, 0.3) is 10.0 Å². The summed E-state index contributed by atoms with van der Waals surface area (Å²) in [5.41, 5.74) is 1.37. The van der Waals surface area contributed by atoms with Gasteiger partial charge in [0.2, 0.25) is 0 Å². The Hall–Kier alpha value is -2.06. The second-order valence-electron chi connectivity index (χ2n) is 5.78. The fourth-order valence-electron chi connectivity index (χ4n) is 2.40. The number of anilines is 2. The predicted molar refractivity (Wildman–Crippen MR) is 106 cm³/mol. The van der Waals surface area contributed by atoms with E-state index in [0.29, 0.717) is 5.69 Å². The Morgan fingerprint density at radius 2 is 1.77 bits per heavy atom. The second-order valence-corrected chi connectivity index (χ2v) is 8.34. The number of unbranched alkanes of at least 4 members (excludes halogenated alkanes) is 3. The molecule has 1 heterocycles. The standard InChI is InChI=1S/C18H24N2O4S2/c1-3-4-5-6-12-19-14-7-9-15(10-8-14)20-26(22,23)16-11-13-25-17(16)18(21)24-2/h7-11,13,19-20H,3-6,12H2,1-2H3. The summed E-state index contributed by atoms with van der Waals surface area (Å²) in [4.78, 5) is 11.7. The van der Waals surface area contributed by atoms with Gasteiger partial charge in [-0.05, 0) is 42.1 Å². The van der Waals surface area contributed by atoms with Crippen LogP contribution in [0.25, 0.3) is 0 Å². The molecule has 0 aliphatic rings. The Kier molecular flexibility index (Phi) is 7.47. The molecule has 0 aliphatic carbocycles. The van der Waals surface area contributed by atoms with Crippen LogP contribution in [0, 0.1) is 0 Å². The zero-order chi connectivity index (χ0) is 19.0. The molecule has 6 nitrogen and oxygen atoms in total. The fraction of sp³-hybridized carbons (Fsp3) is 0.389. The Labute approximate surface area is 158 Å². The zero-order valence-electron chi connectivity index (χ0n) is 14.9. The van der Waals surface area contributed by atoms with E-state index < -0.39 is 16.0 Å². The van der Waals surface area contributed by atoms with Crippen molar-refractivity contribution in [2.24, 2.45) is 0 Å². The van der Waals surface area contributed by atoms with E-state index in [1.54, 1.807) is 17.5 Å². The summed E-state index contributed by atoms with van der Waals surface area (Å²) in [5, 5.41) is 4.86. The molecule has 8 heteroatoms. The van der Waals surface area contributed by atoms with Crippen LogP contribution in [-0.4, -0.2) is 28.0 Å². The molecule has 142 valence electrons. The third-order valence-electron chi connectivity index (χ3n) is 3.79. The van der Waals surface area contributed by atoms with E-state index >= 15 is 0 Å². The van der Waals surface area contributed by atoms with Crippen LogP contribution >= 0.6 is 11.3 Å². The first-order chi connectivity index (χ1) is 12.5. The van der Waals surface area contributed by atoms with E-state index in [2.05, 4.69) is 21.7 Å². The summed E-state index contributed by atoms with van der Waals surface area (Å²) in [5.74, 6) is -0.664. The minimum Gasteiger partial charge on any atom is -0.465 e. The lowest BCUT2D eigenvalue weighted by atomic mass is 10.2. The Balaban J connectivity index is 2.00. The van der Waals surface area contributed by atoms with Gasteiger partial charge in [0.15, 0.2) is 0 Å². The number of hydrogen-bond donors (Lipinski definition) is 2. The van der Waals surface area contributed by atoms with Crippen LogP contribution in [0.15, 0.2) is 40.6 Å². The molecular formula is C18H24N2O4S2. The van der Waals surface area contributed by atoms with Crippen molar-refractivity contribution in [2.45, 2.75) is 37.5 Å². The minimum absolute atomic E-state index is 0.0605. The van der Waals surface area contributed by atoms with Gasteiger partial charge in [0.05, 0.1) is 7.11 Å². The first kappa shape index (κ1) is 20.3. The Bertz CT molecular complexity index is 814. The fourth-order valence-corrected chi connectivity index (χ4v) is 4.80. The SMILES string of the molecule is CCCCCCNc1ccc(NS(=O)(=O)c2ccsc2C(=O)OC)cc1. The maximum absolute atomic E-state index is 12.5. The highest BCUT2D eigenvalue weighted by Crippen LogP contribution is 2.25. The number of rotatable bonds is 10. The van der Waals surface area contributed by atoms with Gasteiger partial charge in [-0.25, -0.2) is 13.2 Å². The van der Waals surface area contributed by atoms with Gasteiger partial charge in [-0.2, -0.15) is 0 Å². The molecule has 1 aromatic carbocycles. The number of sulfonamides is 1. The van der Waals surface area contributed by atoms with Crippen LogP contribution in [0.2, 0.25) is 0 Å². The lowest BCUT2D eigenvalue weighted by Crippen LogP contribution is -2.15. The summed E-state index contributed by atoms with van der Waals surface area (Å²) in [6.45, 7) is 3.07.